The molecule has 1 N–H and O–H groups in total. The van der Waals surface area contributed by atoms with Crippen molar-refractivity contribution in [2.24, 2.45) is 0 Å². The molecule has 4 aromatic rings. The number of hydrogen-bond donors (Lipinski definition) is 1. The SMILES string of the molecule is CC1CN(Cc2ccc(CNc3ncnc4c3oc3ccccc34)cc2)CC(C)O1. The molecule has 0 spiro atoms. The highest BCUT2D eigenvalue weighted by Crippen LogP contribution is 2.30. The number of fused-ring (bicyclic) bond motifs is 3. The Morgan fingerprint density at radius 3 is 2.50 bits per heavy atom. The first kappa shape index (κ1) is 19.0. The summed E-state index contributed by atoms with van der Waals surface area (Å²) in [4.78, 5) is 11.3. The molecule has 0 bridgehead atoms. The summed E-state index contributed by atoms with van der Waals surface area (Å²) < 4.78 is 11.8. The van der Waals surface area contributed by atoms with Gasteiger partial charge in [0.1, 0.15) is 17.4 Å². The smallest absolute Gasteiger partial charge is 0.196 e. The lowest BCUT2D eigenvalue weighted by molar-refractivity contribution is -0.0704. The summed E-state index contributed by atoms with van der Waals surface area (Å²) in [5.41, 5.74) is 4.89. The molecule has 0 radical (unpaired) electrons. The van der Waals surface area contributed by atoms with Crippen LogP contribution in [0.25, 0.3) is 22.1 Å². The maximum atomic E-state index is 5.99. The maximum absolute atomic E-state index is 5.99. The summed E-state index contributed by atoms with van der Waals surface area (Å²) in [6.45, 7) is 7.88. The average molecular weight is 402 g/mol. The molecule has 1 aliphatic heterocycles. The Hall–Kier alpha value is -2.96. The summed E-state index contributed by atoms with van der Waals surface area (Å²) in [7, 11) is 0. The lowest BCUT2D eigenvalue weighted by Crippen LogP contribution is -2.44. The van der Waals surface area contributed by atoms with Crippen molar-refractivity contribution in [3.63, 3.8) is 0 Å². The molecule has 1 aliphatic rings. The number of furan rings is 1. The van der Waals surface area contributed by atoms with E-state index in [9.17, 15) is 0 Å². The van der Waals surface area contributed by atoms with E-state index in [-0.39, 0.29) is 0 Å². The third-order valence-corrected chi connectivity index (χ3v) is 5.54. The lowest BCUT2D eigenvalue weighted by atomic mass is 10.1. The second-order valence-electron chi connectivity index (χ2n) is 8.12. The Labute approximate surface area is 175 Å². The van der Waals surface area contributed by atoms with Gasteiger partial charge in [0.25, 0.3) is 0 Å². The van der Waals surface area contributed by atoms with Crippen molar-refractivity contribution < 1.29 is 9.15 Å². The molecule has 3 heterocycles. The van der Waals surface area contributed by atoms with E-state index in [1.54, 1.807) is 6.33 Å². The molecule has 2 aromatic carbocycles. The second-order valence-corrected chi connectivity index (χ2v) is 8.12. The zero-order chi connectivity index (χ0) is 20.5. The molecule has 0 aliphatic carbocycles. The molecule has 0 amide bonds. The zero-order valence-electron chi connectivity index (χ0n) is 17.3. The van der Waals surface area contributed by atoms with Gasteiger partial charge in [0.05, 0.1) is 12.2 Å². The number of para-hydroxylation sites is 1. The van der Waals surface area contributed by atoms with Gasteiger partial charge in [-0.2, -0.15) is 0 Å². The Balaban J connectivity index is 1.27. The number of hydrogen-bond acceptors (Lipinski definition) is 6. The quantitative estimate of drug-likeness (QED) is 0.526. The average Bonchev–Trinajstić information content (AvgIpc) is 3.12. The monoisotopic (exact) mass is 402 g/mol. The van der Waals surface area contributed by atoms with Crippen LogP contribution in [0.2, 0.25) is 0 Å². The third-order valence-electron chi connectivity index (χ3n) is 5.54. The highest BCUT2D eigenvalue weighted by atomic mass is 16.5. The summed E-state index contributed by atoms with van der Waals surface area (Å²) >= 11 is 0. The van der Waals surface area contributed by atoms with Crippen LogP contribution in [0, 0.1) is 0 Å². The fourth-order valence-corrected chi connectivity index (χ4v) is 4.27. The summed E-state index contributed by atoms with van der Waals surface area (Å²) in [5, 5.41) is 4.41. The zero-order valence-corrected chi connectivity index (χ0v) is 17.3. The molecule has 154 valence electrons. The third kappa shape index (κ3) is 3.88. The van der Waals surface area contributed by atoms with Crippen molar-refractivity contribution in [1.29, 1.82) is 0 Å². The fraction of sp³-hybridized carbons (Fsp3) is 0.333. The molecule has 1 saturated heterocycles. The van der Waals surface area contributed by atoms with Crippen LogP contribution in [0.15, 0.2) is 59.3 Å². The topological polar surface area (TPSA) is 63.4 Å². The standard InChI is InChI=1S/C24H26N4O2/c1-16-12-28(13-17(2)29-16)14-19-9-7-18(8-10-19)11-25-24-23-22(26-15-27-24)20-5-3-4-6-21(20)30-23/h3-10,15-17H,11-14H2,1-2H3,(H,25,26,27). The number of rotatable bonds is 5. The van der Waals surface area contributed by atoms with Gasteiger partial charge in [-0.05, 0) is 37.1 Å². The summed E-state index contributed by atoms with van der Waals surface area (Å²) in [6, 6.07) is 16.7. The van der Waals surface area contributed by atoms with Crippen molar-refractivity contribution in [1.82, 2.24) is 14.9 Å². The number of nitrogens with one attached hydrogen (secondary N) is 1. The number of ether oxygens (including phenoxy) is 1. The van der Waals surface area contributed by atoms with Crippen LogP contribution >= 0.6 is 0 Å². The molecular formula is C24H26N4O2. The summed E-state index contributed by atoms with van der Waals surface area (Å²) in [5.74, 6) is 0.719. The van der Waals surface area contributed by atoms with E-state index in [1.165, 1.54) is 11.1 Å². The Morgan fingerprint density at radius 2 is 1.70 bits per heavy atom. The van der Waals surface area contributed by atoms with Gasteiger partial charge in [-0.3, -0.25) is 4.90 Å². The number of morpholine rings is 1. The first-order valence-corrected chi connectivity index (χ1v) is 10.5. The molecule has 2 atom stereocenters. The Morgan fingerprint density at radius 1 is 0.967 bits per heavy atom. The van der Waals surface area contributed by atoms with Crippen LogP contribution in [0.3, 0.4) is 0 Å². The lowest BCUT2D eigenvalue weighted by Gasteiger charge is -2.35. The largest absolute Gasteiger partial charge is 0.450 e. The molecule has 2 unspecified atom stereocenters. The first-order chi connectivity index (χ1) is 14.7. The number of anilines is 1. The second kappa shape index (κ2) is 8.05. The number of aromatic nitrogens is 2. The van der Waals surface area contributed by atoms with E-state index in [0.717, 1.165) is 41.9 Å². The number of nitrogens with zero attached hydrogens (tertiary/aromatic N) is 3. The molecule has 5 rings (SSSR count). The predicted octanol–water partition coefficient (Wildman–Crippen LogP) is 4.60. The van der Waals surface area contributed by atoms with Gasteiger partial charge in [0, 0.05) is 31.6 Å². The van der Waals surface area contributed by atoms with Crippen molar-refractivity contribution in [3.05, 3.63) is 66.0 Å². The van der Waals surface area contributed by atoms with Crippen LogP contribution in [0.1, 0.15) is 25.0 Å². The summed E-state index contributed by atoms with van der Waals surface area (Å²) in [6.07, 6.45) is 2.17. The minimum absolute atomic E-state index is 0.292. The minimum atomic E-state index is 0.292. The number of benzene rings is 2. The normalized spacial score (nSPS) is 20.1. The predicted molar refractivity (Wildman–Crippen MR) is 118 cm³/mol. The molecule has 0 saturated carbocycles. The molecule has 30 heavy (non-hydrogen) atoms. The van der Waals surface area contributed by atoms with Crippen molar-refractivity contribution >= 4 is 27.9 Å². The van der Waals surface area contributed by atoms with Crippen LogP contribution in [0.5, 0.6) is 0 Å². The van der Waals surface area contributed by atoms with Gasteiger partial charge in [-0.25, -0.2) is 9.97 Å². The van der Waals surface area contributed by atoms with Crippen LogP contribution in [-0.2, 0) is 17.8 Å². The van der Waals surface area contributed by atoms with Crippen molar-refractivity contribution in [3.8, 4) is 0 Å². The highest BCUT2D eigenvalue weighted by Gasteiger charge is 2.22. The van der Waals surface area contributed by atoms with Crippen LogP contribution in [0.4, 0.5) is 5.82 Å². The van der Waals surface area contributed by atoms with Crippen molar-refractivity contribution in [2.75, 3.05) is 18.4 Å². The minimum Gasteiger partial charge on any atom is -0.450 e. The van der Waals surface area contributed by atoms with Gasteiger partial charge in [-0.1, -0.05) is 36.4 Å². The highest BCUT2D eigenvalue weighted by molar-refractivity contribution is 6.05. The van der Waals surface area contributed by atoms with E-state index in [4.69, 9.17) is 9.15 Å². The van der Waals surface area contributed by atoms with E-state index in [2.05, 4.69) is 58.3 Å². The molecule has 1 fully saturated rings. The van der Waals surface area contributed by atoms with Gasteiger partial charge in [-0.15, -0.1) is 0 Å². The van der Waals surface area contributed by atoms with E-state index >= 15 is 0 Å². The van der Waals surface area contributed by atoms with Gasteiger partial charge in [0.2, 0.25) is 0 Å². The maximum Gasteiger partial charge on any atom is 0.196 e. The van der Waals surface area contributed by atoms with E-state index in [0.29, 0.717) is 24.3 Å². The Bertz CT molecular complexity index is 1150. The van der Waals surface area contributed by atoms with Crippen LogP contribution < -0.4 is 5.32 Å². The fourth-order valence-electron chi connectivity index (χ4n) is 4.27. The van der Waals surface area contributed by atoms with Crippen LogP contribution in [-0.4, -0.2) is 40.2 Å². The molecule has 6 heteroatoms. The molecule has 2 aromatic heterocycles. The van der Waals surface area contributed by atoms with E-state index < -0.39 is 0 Å². The van der Waals surface area contributed by atoms with Crippen molar-refractivity contribution in [2.45, 2.75) is 39.1 Å². The van der Waals surface area contributed by atoms with Gasteiger partial charge in [0.15, 0.2) is 11.4 Å². The first-order valence-electron chi connectivity index (χ1n) is 10.5. The van der Waals surface area contributed by atoms with E-state index in [1.807, 2.05) is 24.3 Å². The molecular weight excluding hydrogens is 376 g/mol. The molecule has 6 nitrogen and oxygen atoms in total. The Kier molecular flexibility index (Phi) is 5.11. The van der Waals surface area contributed by atoms with Gasteiger partial charge < -0.3 is 14.5 Å². The van der Waals surface area contributed by atoms with Gasteiger partial charge >= 0.3 is 0 Å².